The Kier molecular flexibility index (Phi) is 5.95. The monoisotopic (exact) mass is 360 g/mol. The maximum atomic E-state index is 6.80. The highest BCUT2D eigenvalue weighted by Gasteiger charge is 2.50. The van der Waals surface area contributed by atoms with Gasteiger partial charge in [0.2, 0.25) is 0 Å². The van der Waals surface area contributed by atoms with Crippen LogP contribution in [0.4, 0.5) is 0 Å². The molecule has 0 fully saturated rings. The van der Waals surface area contributed by atoms with E-state index in [-0.39, 0.29) is 9.91 Å². The molecule has 0 aromatic heterocycles. The van der Waals surface area contributed by atoms with Gasteiger partial charge in [-0.15, -0.1) is 11.6 Å². The van der Waals surface area contributed by atoms with Gasteiger partial charge in [-0.2, -0.15) is 0 Å². The van der Waals surface area contributed by atoms with Crippen LogP contribution in [-0.2, 0) is 4.43 Å². The number of alkyl halides is 1. The van der Waals surface area contributed by atoms with Crippen molar-refractivity contribution in [3.8, 4) is 0 Å². The minimum absolute atomic E-state index is 0.0200. The molecule has 1 nitrogen and oxygen atoms in total. The molecule has 3 heteroatoms. The quantitative estimate of drug-likeness (QED) is 0.522. The molecule has 24 heavy (non-hydrogen) atoms. The van der Waals surface area contributed by atoms with Crippen LogP contribution in [0.3, 0.4) is 0 Å². The van der Waals surface area contributed by atoms with Crippen LogP contribution in [0.1, 0.15) is 41.0 Å². The van der Waals surface area contributed by atoms with Crippen molar-refractivity contribution in [3.63, 3.8) is 0 Å². The Morgan fingerprint density at radius 3 is 1.54 bits per heavy atom. The zero-order chi connectivity index (χ0) is 17.8. The summed E-state index contributed by atoms with van der Waals surface area (Å²) < 4.78 is 6.80. The lowest BCUT2D eigenvalue weighted by Gasteiger charge is -2.43. The molecular formula is C21H29ClOSi. The molecule has 0 unspecified atom stereocenters. The van der Waals surface area contributed by atoms with Gasteiger partial charge in [0.1, 0.15) is 0 Å². The first-order valence-corrected chi connectivity index (χ1v) is 10.9. The number of hydrogen-bond donors (Lipinski definition) is 0. The Morgan fingerprint density at radius 2 is 1.21 bits per heavy atom. The average molecular weight is 361 g/mol. The Hall–Kier alpha value is -1.09. The second-order valence-corrected chi connectivity index (χ2v) is 13.3. The van der Waals surface area contributed by atoms with Crippen LogP contribution < -0.4 is 10.4 Å². The van der Waals surface area contributed by atoms with Gasteiger partial charge in [0, 0.05) is 11.5 Å². The first-order chi connectivity index (χ1) is 11.2. The molecule has 0 saturated heterocycles. The molecule has 0 radical (unpaired) electrons. The van der Waals surface area contributed by atoms with Crippen LogP contribution in [0.5, 0.6) is 0 Å². The molecule has 2 rings (SSSR count). The predicted molar refractivity (Wildman–Crippen MR) is 108 cm³/mol. The SMILES string of the molecule is CC(C)(Cl)CCO[Si](c1ccccc1)(c1ccccc1)C(C)(C)C. The summed E-state index contributed by atoms with van der Waals surface area (Å²) in [5.74, 6) is 0. The molecule has 0 heterocycles. The van der Waals surface area contributed by atoms with Crippen molar-refractivity contribution in [2.45, 2.75) is 51.0 Å². The summed E-state index contributed by atoms with van der Waals surface area (Å²) in [5, 5.41) is 2.65. The van der Waals surface area contributed by atoms with E-state index in [1.54, 1.807) is 0 Å². The Morgan fingerprint density at radius 1 is 0.792 bits per heavy atom. The third-order valence-corrected chi connectivity index (χ3v) is 9.66. The van der Waals surface area contributed by atoms with Gasteiger partial charge < -0.3 is 4.43 Å². The van der Waals surface area contributed by atoms with Gasteiger partial charge in [-0.1, -0.05) is 81.4 Å². The third kappa shape index (κ3) is 4.30. The average Bonchev–Trinajstić information content (AvgIpc) is 2.51. The van der Waals surface area contributed by atoms with Crippen molar-refractivity contribution in [1.29, 1.82) is 0 Å². The highest BCUT2D eigenvalue weighted by molar-refractivity contribution is 6.99. The Balaban J connectivity index is 2.53. The van der Waals surface area contributed by atoms with E-state index in [1.807, 2.05) is 13.8 Å². The number of hydrogen-bond acceptors (Lipinski definition) is 1. The van der Waals surface area contributed by atoms with Crippen molar-refractivity contribution in [1.82, 2.24) is 0 Å². The van der Waals surface area contributed by atoms with E-state index < -0.39 is 8.32 Å². The van der Waals surface area contributed by atoms with E-state index in [9.17, 15) is 0 Å². The summed E-state index contributed by atoms with van der Waals surface area (Å²) >= 11 is 6.40. The molecule has 0 atom stereocenters. The van der Waals surface area contributed by atoms with Gasteiger partial charge in [0.15, 0.2) is 0 Å². The minimum Gasteiger partial charge on any atom is -0.407 e. The zero-order valence-corrected chi connectivity index (χ0v) is 17.2. The fourth-order valence-electron chi connectivity index (χ4n) is 3.21. The predicted octanol–water partition coefficient (Wildman–Crippen LogP) is 4.97. The normalized spacial score (nSPS) is 13.1. The fourth-order valence-corrected chi connectivity index (χ4v) is 7.85. The van der Waals surface area contributed by atoms with Gasteiger partial charge in [-0.25, -0.2) is 0 Å². The summed E-state index contributed by atoms with van der Waals surface area (Å²) in [7, 11) is -2.41. The van der Waals surface area contributed by atoms with Gasteiger partial charge in [-0.05, 0) is 35.7 Å². The first-order valence-electron chi connectivity index (χ1n) is 8.61. The molecule has 0 amide bonds. The lowest BCUT2D eigenvalue weighted by atomic mass is 10.1. The van der Waals surface area contributed by atoms with E-state index in [0.717, 1.165) is 6.42 Å². The van der Waals surface area contributed by atoms with Crippen molar-refractivity contribution in [2.24, 2.45) is 0 Å². The lowest BCUT2D eigenvalue weighted by Crippen LogP contribution is -2.66. The van der Waals surface area contributed by atoms with E-state index >= 15 is 0 Å². The van der Waals surface area contributed by atoms with Crippen LogP contribution in [0.2, 0.25) is 5.04 Å². The molecule has 2 aromatic carbocycles. The van der Waals surface area contributed by atoms with Crippen LogP contribution in [0.15, 0.2) is 60.7 Å². The molecule has 130 valence electrons. The fraction of sp³-hybridized carbons (Fsp3) is 0.429. The second kappa shape index (κ2) is 7.43. The van der Waals surface area contributed by atoms with Crippen LogP contribution in [0, 0.1) is 0 Å². The standard InChI is InChI=1S/C21H29ClOSi/c1-20(2,3)24(18-12-8-6-9-13-18,19-14-10-7-11-15-19)23-17-16-21(4,5)22/h6-15H,16-17H2,1-5H3. The maximum Gasteiger partial charge on any atom is 0.261 e. The van der Waals surface area contributed by atoms with Crippen LogP contribution >= 0.6 is 11.6 Å². The van der Waals surface area contributed by atoms with Gasteiger partial charge in [0.05, 0.1) is 0 Å². The van der Waals surface area contributed by atoms with Crippen molar-refractivity contribution in [2.75, 3.05) is 6.61 Å². The van der Waals surface area contributed by atoms with Crippen molar-refractivity contribution >= 4 is 30.3 Å². The Labute approximate surface area is 153 Å². The highest BCUT2D eigenvalue weighted by atomic mass is 35.5. The third-order valence-electron chi connectivity index (χ3n) is 4.43. The van der Waals surface area contributed by atoms with E-state index in [0.29, 0.717) is 6.61 Å². The van der Waals surface area contributed by atoms with Crippen LogP contribution in [0.25, 0.3) is 0 Å². The summed E-state index contributed by atoms with van der Waals surface area (Å²) in [6, 6.07) is 21.5. The zero-order valence-electron chi connectivity index (χ0n) is 15.5. The molecule has 0 N–H and O–H groups in total. The molecule has 0 aliphatic carbocycles. The smallest absolute Gasteiger partial charge is 0.261 e. The molecule has 0 aliphatic rings. The topological polar surface area (TPSA) is 9.23 Å². The first kappa shape index (κ1) is 19.2. The Bertz CT molecular complexity index is 587. The molecule has 0 aliphatic heterocycles. The van der Waals surface area contributed by atoms with E-state index in [1.165, 1.54) is 10.4 Å². The highest BCUT2D eigenvalue weighted by Crippen LogP contribution is 2.37. The maximum absolute atomic E-state index is 6.80. The largest absolute Gasteiger partial charge is 0.407 e. The summed E-state index contributed by atoms with van der Waals surface area (Å²) in [6.45, 7) is 11.7. The van der Waals surface area contributed by atoms with Gasteiger partial charge >= 0.3 is 0 Å². The summed E-state index contributed by atoms with van der Waals surface area (Å²) in [5.41, 5.74) is 0. The van der Waals surface area contributed by atoms with E-state index in [4.69, 9.17) is 16.0 Å². The second-order valence-electron chi connectivity index (χ2n) is 7.98. The van der Waals surface area contributed by atoms with Crippen molar-refractivity contribution in [3.05, 3.63) is 60.7 Å². The van der Waals surface area contributed by atoms with Crippen LogP contribution in [-0.4, -0.2) is 19.8 Å². The lowest BCUT2D eigenvalue weighted by molar-refractivity contribution is 0.278. The minimum atomic E-state index is -2.41. The summed E-state index contributed by atoms with van der Waals surface area (Å²) in [4.78, 5) is -0.245. The number of halogens is 1. The molecule has 0 saturated carbocycles. The van der Waals surface area contributed by atoms with Crippen molar-refractivity contribution < 1.29 is 4.43 Å². The van der Waals surface area contributed by atoms with Gasteiger partial charge in [0.25, 0.3) is 8.32 Å². The molecule has 0 bridgehead atoms. The molecule has 2 aromatic rings. The number of benzene rings is 2. The number of rotatable bonds is 6. The molecule has 0 spiro atoms. The molecular weight excluding hydrogens is 332 g/mol. The summed E-state index contributed by atoms with van der Waals surface area (Å²) in [6.07, 6.45) is 0.832. The van der Waals surface area contributed by atoms with E-state index in [2.05, 4.69) is 81.4 Å². The van der Waals surface area contributed by atoms with Gasteiger partial charge in [-0.3, -0.25) is 0 Å².